The van der Waals surface area contributed by atoms with Gasteiger partial charge in [-0.25, -0.2) is 4.79 Å². The first kappa shape index (κ1) is 14.6. The molecule has 0 aromatic rings. The van der Waals surface area contributed by atoms with Crippen LogP contribution >= 0.6 is 0 Å². The van der Waals surface area contributed by atoms with Gasteiger partial charge in [-0.1, -0.05) is 13.8 Å². The van der Waals surface area contributed by atoms with Gasteiger partial charge in [-0.15, -0.1) is 0 Å². The number of alkyl carbamates (subject to hydrolysis) is 1. The Kier molecular flexibility index (Phi) is 3.37. The van der Waals surface area contributed by atoms with Gasteiger partial charge in [0.25, 0.3) is 0 Å². The largest absolute Gasteiger partial charge is 0.444 e. The second kappa shape index (κ2) is 4.37. The molecule has 0 unspecified atom stereocenters. The van der Waals surface area contributed by atoms with Crippen molar-refractivity contribution in [1.29, 1.82) is 0 Å². The van der Waals surface area contributed by atoms with Gasteiger partial charge in [0.1, 0.15) is 5.60 Å². The van der Waals surface area contributed by atoms with E-state index in [2.05, 4.69) is 19.2 Å². The Morgan fingerprint density at radius 2 is 1.95 bits per heavy atom. The molecule has 0 aromatic carbocycles. The molecule has 1 amide bonds. The van der Waals surface area contributed by atoms with Crippen molar-refractivity contribution in [3.63, 3.8) is 0 Å². The molecule has 0 aliphatic heterocycles. The van der Waals surface area contributed by atoms with Gasteiger partial charge < -0.3 is 15.8 Å². The van der Waals surface area contributed by atoms with Crippen LogP contribution in [0.5, 0.6) is 0 Å². The van der Waals surface area contributed by atoms with E-state index in [4.69, 9.17) is 10.5 Å². The van der Waals surface area contributed by atoms with E-state index in [1.165, 1.54) is 6.42 Å². The lowest BCUT2D eigenvalue weighted by Gasteiger charge is -2.44. The number of carbonyl (C=O) groups excluding carboxylic acids is 1. The summed E-state index contributed by atoms with van der Waals surface area (Å²) in [6.45, 7) is 10.9. The Morgan fingerprint density at radius 1 is 1.37 bits per heavy atom. The standard InChI is InChI=1S/C15H28N2O2/c1-13(2,3)19-12(18)17-15(7-6-8-15)11-10(9-16)14(11,4)5/h10-11H,6-9,16H2,1-5H3,(H,17,18)/t10-,11-/m1/s1. The van der Waals surface area contributed by atoms with Crippen LogP contribution in [-0.4, -0.2) is 23.8 Å². The van der Waals surface area contributed by atoms with Crippen molar-refractivity contribution in [2.75, 3.05) is 6.54 Å². The van der Waals surface area contributed by atoms with E-state index >= 15 is 0 Å². The lowest BCUT2D eigenvalue weighted by atomic mass is 9.71. The lowest BCUT2D eigenvalue weighted by molar-refractivity contribution is 0.0323. The molecule has 2 saturated carbocycles. The Morgan fingerprint density at radius 3 is 2.26 bits per heavy atom. The van der Waals surface area contributed by atoms with Gasteiger partial charge in [0.05, 0.1) is 0 Å². The highest BCUT2D eigenvalue weighted by Crippen LogP contribution is 2.66. The number of carbonyl (C=O) groups is 1. The van der Waals surface area contributed by atoms with Crippen molar-refractivity contribution in [2.45, 2.75) is 65.0 Å². The zero-order valence-corrected chi connectivity index (χ0v) is 12.9. The van der Waals surface area contributed by atoms with E-state index in [0.717, 1.165) is 12.8 Å². The molecule has 4 nitrogen and oxygen atoms in total. The fraction of sp³-hybridized carbons (Fsp3) is 0.933. The van der Waals surface area contributed by atoms with Crippen LogP contribution in [0.25, 0.3) is 0 Å². The fourth-order valence-corrected chi connectivity index (χ4v) is 3.86. The predicted octanol–water partition coefficient (Wildman–Crippen LogP) is 2.66. The summed E-state index contributed by atoms with van der Waals surface area (Å²) in [5.74, 6) is 1.01. The lowest BCUT2D eigenvalue weighted by Crippen LogP contribution is -2.57. The first-order valence-corrected chi connectivity index (χ1v) is 7.34. The molecule has 0 saturated heterocycles. The summed E-state index contributed by atoms with van der Waals surface area (Å²) in [7, 11) is 0. The van der Waals surface area contributed by atoms with Gasteiger partial charge in [-0.05, 0) is 63.8 Å². The molecule has 2 aliphatic rings. The maximum atomic E-state index is 12.0. The summed E-state index contributed by atoms with van der Waals surface area (Å²) in [6.07, 6.45) is 3.00. The molecule has 0 aromatic heterocycles. The van der Waals surface area contributed by atoms with Crippen molar-refractivity contribution >= 4 is 6.09 Å². The van der Waals surface area contributed by atoms with E-state index in [1.807, 2.05) is 20.8 Å². The fourth-order valence-electron chi connectivity index (χ4n) is 3.86. The molecule has 0 bridgehead atoms. The van der Waals surface area contributed by atoms with Crippen LogP contribution in [0, 0.1) is 17.3 Å². The first-order chi connectivity index (χ1) is 8.62. The maximum Gasteiger partial charge on any atom is 0.408 e. The van der Waals surface area contributed by atoms with Gasteiger partial charge >= 0.3 is 6.09 Å². The van der Waals surface area contributed by atoms with Crippen LogP contribution in [0.4, 0.5) is 4.79 Å². The van der Waals surface area contributed by atoms with Gasteiger partial charge in [0.15, 0.2) is 0 Å². The third-order valence-electron chi connectivity index (χ3n) is 4.90. The van der Waals surface area contributed by atoms with Gasteiger partial charge in [-0.2, -0.15) is 0 Å². The number of ether oxygens (including phenoxy) is 1. The van der Waals surface area contributed by atoms with Crippen LogP contribution < -0.4 is 11.1 Å². The van der Waals surface area contributed by atoms with E-state index in [-0.39, 0.29) is 17.0 Å². The molecule has 2 aliphatic carbocycles. The van der Waals surface area contributed by atoms with Crippen molar-refractivity contribution in [2.24, 2.45) is 23.0 Å². The minimum Gasteiger partial charge on any atom is -0.444 e. The van der Waals surface area contributed by atoms with Crippen LogP contribution in [-0.2, 0) is 4.74 Å². The third kappa shape index (κ3) is 2.60. The van der Waals surface area contributed by atoms with Crippen molar-refractivity contribution in [3.8, 4) is 0 Å². The highest BCUT2D eigenvalue weighted by molar-refractivity contribution is 5.69. The molecular weight excluding hydrogens is 240 g/mol. The molecule has 0 heterocycles. The molecule has 3 N–H and O–H groups in total. The minimum absolute atomic E-state index is 0.0735. The molecule has 4 heteroatoms. The molecular formula is C15H28N2O2. The first-order valence-electron chi connectivity index (χ1n) is 7.34. The number of hydrogen-bond donors (Lipinski definition) is 2. The average Bonchev–Trinajstić information content (AvgIpc) is 2.72. The van der Waals surface area contributed by atoms with Crippen molar-refractivity contribution in [3.05, 3.63) is 0 Å². The van der Waals surface area contributed by atoms with Crippen molar-refractivity contribution < 1.29 is 9.53 Å². The summed E-state index contributed by atoms with van der Waals surface area (Å²) in [5, 5.41) is 3.15. The van der Waals surface area contributed by atoms with Gasteiger partial charge in [0.2, 0.25) is 0 Å². The van der Waals surface area contributed by atoms with Crippen LogP contribution in [0.1, 0.15) is 53.9 Å². The normalized spacial score (nSPS) is 31.3. The van der Waals surface area contributed by atoms with E-state index in [0.29, 0.717) is 18.4 Å². The highest BCUT2D eigenvalue weighted by Gasteiger charge is 2.67. The SMILES string of the molecule is CC(C)(C)OC(=O)NC1([C@@H]2[C@@H](CN)C2(C)C)CCC1. The Labute approximate surface area is 116 Å². The summed E-state index contributed by atoms with van der Waals surface area (Å²) in [6, 6.07) is 0. The highest BCUT2D eigenvalue weighted by atomic mass is 16.6. The molecule has 2 fully saturated rings. The zero-order valence-electron chi connectivity index (χ0n) is 12.9. The smallest absolute Gasteiger partial charge is 0.408 e. The topological polar surface area (TPSA) is 64.3 Å². The monoisotopic (exact) mass is 268 g/mol. The number of rotatable bonds is 3. The van der Waals surface area contributed by atoms with Crippen LogP contribution in [0.2, 0.25) is 0 Å². The molecule has 2 atom stereocenters. The van der Waals surface area contributed by atoms with Gasteiger partial charge in [0, 0.05) is 5.54 Å². The Balaban J connectivity index is 2.03. The van der Waals surface area contributed by atoms with E-state index in [1.54, 1.807) is 0 Å². The number of nitrogens with one attached hydrogen (secondary N) is 1. The van der Waals surface area contributed by atoms with Crippen LogP contribution in [0.3, 0.4) is 0 Å². The van der Waals surface area contributed by atoms with Crippen LogP contribution in [0.15, 0.2) is 0 Å². The average molecular weight is 268 g/mol. The minimum atomic E-state index is -0.443. The van der Waals surface area contributed by atoms with E-state index < -0.39 is 5.60 Å². The summed E-state index contributed by atoms with van der Waals surface area (Å²) in [5.41, 5.74) is 5.59. The second-order valence-corrected chi connectivity index (χ2v) is 7.78. The number of hydrogen-bond acceptors (Lipinski definition) is 3. The Hall–Kier alpha value is -0.770. The maximum absolute atomic E-state index is 12.0. The molecule has 19 heavy (non-hydrogen) atoms. The summed E-state index contributed by atoms with van der Waals surface area (Å²) in [4.78, 5) is 12.0. The summed E-state index contributed by atoms with van der Waals surface area (Å²) >= 11 is 0. The molecule has 0 radical (unpaired) electrons. The van der Waals surface area contributed by atoms with Gasteiger partial charge in [-0.3, -0.25) is 0 Å². The second-order valence-electron chi connectivity index (χ2n) is 7.78. The summed E-state index contributed by atoms with van der Waals surface area (Å²) < 4.78 is 5.40. The van der Waals surface area contributed by atoms with Crippen molar-refractivity contribution in [1.82, 2.24) is 5.32 Å². The molecule has 2 rings (SSSR count). The quantitative estimate of drug-likeness (QED) is 0.827. The molecule has 110 valence electrons. The number of nitrogens with two attached hydrogens (primary N) is 1. The third-order valence-corrected chi connectivity index (χ3v) is 4.90. The molecule has 0 spiro atoms. The number of amides is 1. The zero-order chi connectivity index (χ0) is 14.5. The Bertz CT molecular complexity index is 367. The predicted molar refractivity (Wildman–Crippen MR) is 75.8 cm³/mol. The van der Waals surface area contributed by atoms with E-state index in [9.17, 15) is 4.79 Å².